The fourth-order valence-corrected chi connectivity index (χ4v) is 5.11. The van der Waals surface area contributed by atoms with Crippen LogP contribution in [0.3, 0.4) is 0 Å². The van der Waals surface area contributed by atoms with E-state index in [-0.39, 0.29) is 11.8 Å². The highest BCUT2D eigenvalue weighted by molar-refractivity contribution is 9.11. The maximum atomic E-state index is 12.4. The van der Waals surface area contributed by atoms with E-state index in [1.807, 2.05) is 29.6 Å². The average molecular weight is 453 g/mol. The molecule has 0 unspecified atom stereocenters. The van der Waals surface area contributed by atoms with Crippen LogP contribution in [0.4, 0.5) is 0 Å². The summed E-state index contributed by atoms with van der Waals surface area (Å²) < 4.78 is 0.860. The first-order chi connectivity index (χ1) is 12.1. The average Bonchev–Trinajstić information content (AvgIpc) is 3.29. The largest absolute Gasteiger partial charge is 0.279 e. The molecule has 2 aromatic heterocycles. The highest BCUT2D eigenvalue weighted by Gasteiger charge is 2.14. The number of benzene rings is 1. The molecule has 0 atom stereocenters. The molecule has 0 spiro atoms. The molecule has 0 saturated heterocycles. The molecule has 0 saturated carbocycles. The summed E-state index contributed by atoms with van der Waals surface area (Å²) in [4.78, 5) is 27.1. The molecule has 3 aromatic rings. The fourth-order valence-electron chi connectivity index (χ4n) is 2.00. The number of thiophene rings is 2. The van der Waals surface area contributed by atoms with E-state index in [2.05, 4.69) is 32.8 Å². The van der Waals surface area contributed by atoms with Gasteiger partial charge in [0.2, 0.25) is 0 Å². The molecule has 128 valence electrons. The summed E-state index contributed by atoms with van der Waals surface area (Å²) in [6.45, 7) is 0. The van der Waals surface area contributed by atoms with Gasteiger partial charge in [0.05, 0.1) is 14.2 Å². The Morgan fingerprint density at radius 3 is 2.52 bits per heavy atom. The number of thioether (sulfide) groups is 1. The van der Waals surface area contributed by atoms with Crippen LogP contribution in [0.5, 0.6) is 0 Å². The smallest absolute Gasteiger partial charge is 0.267 e. The predicted molar refractivity (Wildman–Crippen MR) is 107 cm³/mol. The Hall–Kier alpha value is -1.61. The Bertz CT molecular complexity index is 878. The lowest BCUT2D eigenvalue weighted by Crippen LogP contribution is -2.41. The zero-order valence-corrected chi connectivity index (χ0v) is 16.9. The molecule has 25 heavy (non-hydrogen) atoms. The number of amides is 2. The quantitative estimate of drug-likeness (QED) is 0.425. The molecule has 0 aliphatic heterocycles. The van der Waals surface area contributed by atoms with Crippen molar-refractivity contribution in [2.24, 2.45) is 0 Å². The minimum atomic E-state index is -0.340. The van der Waals surface area contributed by atoms with Gasteiger partial charge in [0.1, 0.15) is 0 Å². The number of hydrogen-bond donors (Lipinski definition) is 2. The molecule has 3 rings (SSSR count). The van der Waals surface area contributed by atoms with Gasteiger partial charge in [-0.05, 0) is 51.6 Å². The SMILES string of the molecule is O=C(NNC(=O)c1ccccc1SCc1cccs1)c1ccc(Br)s1. The van der Waals surface area contributed by atoms with Gasteiger partial charge in [0.15, 0.2) is 0 Å². The van der Waals surface area contributed by atoms with Crippen molar-refractivity contribution in [1.82, 2.24) is 10.9 Å². The van der Waals surface area contributed by atoms with Gasteiger partial charge in [0.25, 0.3) is 11.8 Å². The molecule has 1 aromatic carbocycles. The minimum Gasteiger partial charge on any atom is -0.267 e. The third-order valence-electron chi connectivity index (χ3n) is 3.17. The van der Waals surface area contributed by atoms with Gasteiger partial charge in [-0.3, -0.25) is 20.4 Å². The van der Waals surface area contributed by atoms with Crippen LogP contribution in [0, 0.1) is 0 Å². The van der Waals surface area contributed by atoms with Crippen LogP contribution >= 0.6 is 50.4 Å². The number of carbonyl (C=O) groups excluding carboxylic acids is 2. The highest BCUT2D eigenvalue weighted by atomic mass is 79.9. The van der Waals surface area contributed by atoms with Crippen LogP contribution in [0.2, 0.25) is 0 Å². The zero-order chi connectivity index (χ0) is 17.6. The van der Waals surface area contributed by atoms with Crippen molar-refractivity contribution in [3.8, 4) is 0 Å². The second-order valence-corrected chi connectivity index (χ2v) is 9.39. The number of hydrazine groups is 1. The van der Waals surface area contributed by atoms with Crippen molar-refractivity contribution in [3.63, 3.8) is 0 Å². The van der Waals surface area contributed by atoms with Crippen LogP contribution in [-0.4, -0.2) is 11.8 Å². The van der Waals surface area contributed by atoms with E-state index < -0.39 is 0 Å². The van der Waals surface area contributed by atoms with Crippen LogP contribution in [0.15, 0.2) is 62.6 Å². The second kappa shape index (κ2) is 8.66. The molecule has 0 bridgehead atoms. The molecule has 0 radical (unpaired) electrons. The molecule has 2 heterocycles. The van der Waals surface area contributed by atoms with Gasteiger partial charge in [-0.1, -0.05) is 18.2 Å². The van der Waals surface area contributed by atoms with Crippen LogP contribution in [-0.2, 0) is 5.75 Å². The lowest BCUT2D eigenvalue weighted by molar-refractivity contribution is 0.0847. The van der Waals surface area contributed by atoms with Crippen LogP contribution < -0.4 is 10.9 Å². The van der Waals surface area contributed by atoms with Crippen molar-refractivity contribution in [1.29, 1.82) is 0 Å². The minimum absolute atomic E-state index is 0.335. The fraction of sp³-hybridized carbons (Fsp3) is 0.0588. The zero-order valence-electron chi connectivity index (χ0n) is 12.8. The Labute approximate surface area is 165 Å². The molecule has 4 nitrogen and oxygen atoms in total. The third kappa shape index (κ3) is 4.94. The van der Waals surface area contributed by atoms with Gasteiger partial charge in [0, 0.05) is 15.5 Å². The van der Waals surface area contributed by atoms with Gasteiger partial charge >= 0.3 is 0 Å². The number of rotatable bonds is 5. The normalized spacial score (nSPS) is 10.4. The molecule has 2 N–H and O–H groups in total. The van der Waals surface area contributed by atoms with Gasteiger partial charge < -0.3 is 0 Å². The van der Waals surface area contributed by atoms with E-state index >= 15 is 0 Å². The lowest BCUT2D eigenvalue weighted by Gasteiger charge is -2.10. The van der Waals surface area contributed by atoms with E-state index in [4.69, 9.17) is 0 Å². The van der Waals surface area contributed by atoms with Crippen molar-refractivity contribution in [2.45, 2.75) is 10.6 Å². The highest BCUT2D eigenvalue weighted by Crippen LogP contribution is 2.28. The van der Waals surface area contributed by atoms with E-state index in [1.54, 1.807) is 41.3 Å². The summed E-state index contributed by atoms with van der Waals surface area (Å²) in [5.41, 5.74) is 5.47. The van der Waals surface area contributed by atoms with Crippen LogP contribution in [0.25, 0.3) is 0 Å². The Kier molecular flexibility index (Phi) is 6.30. The number of hydrogen-bond acceptors (Lipinski definition) is 5. The predicted octanol–water partition coefficient (Wildman–Crippen LogP) is 4.94. The van der Waals surface area contributed by atoms with Crippen LogP contribution in [0.1, 0.15) is 24.9 Å². The summed E-state index contributed by atoms with van der Waals surface area (Å²) in [6, 6.07) is 14.9. The standard InChI is InChI=1S/C17H13BrN2O2S3/c18-15-8-7-14(25-15)17(22)20-19-16(21)12-5-1-2-6-13(12)24-10-11-4-3-9-23-11/h1-9H,10H2,(H,19,21)(H,20,22). The Morgan fingerprint density at radius 2 is 1.80 bits per heavy atom. The summed E-state index contributed by atoms with van der Waals surface area (Å²) >= 11 is 7.90. The lowest BCUT2D eigenvalue weighted by atomic mass is 10.2. The third-order valence-corrected chi connectivity index (χ3v) is 6.97. The Morgan fingerprint density at radius 1 is 1.00 bits per heavy atom. The van der Waals surface area contributed by atoms with Crippen molar-refractivity contribution < 1.29 is 9.59 Å². The van der Waals surface area contributed by atoms with E-state index in [9.17, 15) is 9.59 Å². The Balaban J connectivity index is 1.62. The molecule has 0 aliphatic carbocycles. The molecule has 2 amide bonds. The summed E-state index contributed by atoms with van der Waals surface area (Å²) in [5, 5.41) is 2.03. The first-order valence-corrected chi connectivity index (χ1v) is 10.7. The number of nitrogens with one attached hydrogen (secondary N) is 2. The molecule has 8 heteroatoms. The van der Waals surface area contributed by atoms with Crippen molar-refractivity contribution in [3.05, 3.63) is 73.0 Å². The van der Waals surface area contributed by atoms with Gasteiger partial charge in [-0.2, -0.15) is 0 Å². The van der Waals surface area contributed by atoms with Crippen molar-refractivity contribution in [2.75, 3.05) is 0 Å². The van der Waals surface area contributed by atoms with Crippen molar-refractivity contribution >= 4 is 62.2 Å². The molecular formula is C17H13BrN2O2S3. The van der Waals surface area contributed by atoms with E-state index in [0.717, 1.165) is 14.4 Å². The number of halogens is 1. The van der Waals surface area contributed by atoms with Gasteiger partial charge in [-0.25, -0.2) is 0 Å². The number of carbonyl (C=O) groups is 2. The summed E-state index contributed by atoms with van der Waals surface area (Å²) in [7, 11) is 0. The first kappa shape index (κ1) is 18.2. The maximum Gasteiger partial charge on any atom is 0.279 e. The second-order valence-electron chi connectivity index (χ2n) is 4.88. The monoisotopic (exact) mass is 452 g/mol. The molecule has 0 fully saturated rings. The van der Waals surface area contributed by atoms with E-state index in [0.29, 0.717) is 10.4 Å². The summed E-state index contributed by atoms with van der Waals surface area (Å²) in [6.07, 6.45) is 0. The molecular weight excluding hydrogens is 440 g/mol. The van der Waals surface area contributed by atoms with Gasteiger partial charge in [-0.15, -0.1) is 34.4 Å². The van der Waals surface area contributed by atoms with E-state index in [1.165, 1.54) is 16.2 Å². The first-order valence-electron chi connectivity index (χ1n) is 7.24. The maximum absolute atomic E-state index is 12.4. The topological polar surface area (TPSA) is 58.2 Å². The molecule has 0 aliphatic rings. The summed E-state index contributed by atoms with van der Waals surface area (Å²) in [5.74, 6) is 0.128.